The van der Waals surface area contributed by atoms with Crippen molar-refractivity contribution in [2.24, 2.45) is 0 Å². The Morgan fingerprint density at radius 3 is 2.22 bits per heavy atom. The number of rotatable bonds is 6. The van der Waals surface area contributed by atoms with E-state index in [2.05, 4.69) is 32.5 Å². The molecule has 0 saturated carbocycles. The predicted octanol–water partition coefficient (Wildman–Crippen LogP) is 5.99. The Balaban J connectivity index is 0.000000587. The standard InChI is InChI=1S/C23H22Cl3N5O2S.C2HF3O2/c1-30-6-8-31(9-7-30)12-14-13-34-21(20(14)26)23(33)28-18-4-2-15(24)10-17(18)22(32)29-19-5-3-16(25)11-27-19;3-2(4,5)1(6)7/h2-5,10-11,13H,6-9,12H2,1H3,(H,28,33)(H,27,29,32);(H,6,7). The molecule has 0 unspecified atom stereocenters. The van der Waals surface area contributed by atoms with Crippen LogP contribution >= 0.6 is 46.1 Å². The number of hydrogen-bond acceptors (Lipinski definition) is 7. The van der Waals surface area contributed by atoms with Crippen LogP contribution in [0.4, 0.5) is 24.7 Å². The van der Waals surface area contributed by atoms with E-state index in [1.165, 1.54) is 23.6 Å². The van der Waals surface area contributed by atoms with Crippen LogP contribution in [0.3, 0.4) is 0 Å². The highest BCUT2D eigenvalue weighted by Gasteiger charge is 2.38. The average Bonchev–Trinajstić information content (AvgIpc) is 3.27. The van der Waals surface area contributed by atoms with Gasteiger partial charge in [0.15, 0.2) is 0 Å². The van der Waals surface area contributed by atoms with Crippen LogP contribution in [0.2, 0.25) is 15.1 Å². The zero-order valence-electron chi connectivity index (χ0n) is 21.3. The number of aliphatic carboxylic acids is 1. The molecule has 1 saturated heterocycles. The first-order valence-electron chi connectivity index (χ1n) is 11.7. The van der Waals surface area contributed by atoms with Gasteiger partial charge in [0.1, 0.15) is 10.7 Å². The Bertz CT molecular complexity index is 1400. The molecule has 1 aliphatic heterocycles. The van der Waals surface area contributed by atoms with Gasteiger partial charge < -0.3 is 20.6 Å². The first kappa shape index (κ1) is 32.6. The number of thiophene rings is 1. The Labute approximate surface area is 251 Å². The number of alkyl halides is 3. The monoisotopic (exact) mass is 651 g/mol. The quantitative estimate of drug-likeness (QED) is 0.300. The molecule has 4 rings (SSSR count). The maximum Gasteiger partial charge on any atom is 0.490 e. The molecule has 0 aliphatic carbocycles. The molecular weight excluding hydrogens is 630 g/mol. The van der Waals surface area contributed by atoms with Crippen LogP contribution in [-0.4, -0.2) is 77.1 Å². The number of carbonyl (C=O) groups is 3. The summed E-state index contributed by atoms with van der Waals surface area (Å²) in [5.74, 6) is -3.30. The number of nitrogens with zero attached hydrogens (tertiary/aromatic N) is 3. The van der Waals surface area contributed by atoms with Gasteiger partial charge in [0.2, 0.25) is 0 Å². The SMILES string of the molecule is CN1CCN(Cc2csc(C(=O)Nc3ccc(Cl)cc3C(=O)Nc3ccc(Cl)cn3)c2Cl)CC1.O=C(O)C(F)(F)F. The molecule has 41 heavy (non-hydrogen) atoms. The lowest BCUT2D eigenvalue weighted by atomic mass is 10.1. The molecule has 3 aromatic rings. The minimum Gasteiger partial charge on any atom is -0.475 e. The van der Waals surface area contributed by atoms with Crippen molar-refractivity contribution < 1.29 is 32.7 Å². The van der Waals surface area contributed by atoms with Crippen LogP contribution in [0.25, 0.3) is 0 Å². The number of hydrogen-bond donors (Lipinski definition) is 3. The van der Waals surface area contributed by atoms with E-state index >= 15 is 0 Å². The average molecular weight is 653 g/mol. The smallest absolute Gasteiger partial charge is 0.475 e. The third-order valence-electron chi connectivity index (χ3n) is 5.68. The summed E-state index contributed by atoms with van der Waals surface area (Å²) in [6.45, 7) is 4.61. The van der Waals surface area contributed by atoms with E-state index in [9.17, 15) is 22.8 Å². The molecule has 9 nitrogen and oxygen atoms in total. The number of benzene rings is 1. The van der Waals surface area contributed by atoms with Gasteiger partial charge in [-0.15, -0.1) is 11.3 Å². The molecule has 16 heteroatoms. The van der Waals surface area contributed by atoms with Gasteiger partial charge in [0, 0.05) is 43.9 Å². The molecule has 0 spiro atoms. The fourth-order valence-electron chi connectivity index (χ4n) is 3.51. The number of carbonyl (C=O) groups excluding carboxylic acids is 2. The van der Waals surface area contributed by atoms with Gasteiger partial charge in [0.05, 0.1) is 21.3 Å². The van der Waals surface area contributed by atoms with Crippen molar-refractivity contribution >= 4 is 75.4 Å². The Kier molecular flexibility index (Phi) is 11.4. The van der Waals surface area contributed by atoms with Gasteiger partial charge in [0.25, 0.3) is 11.8 Å². The number of nitrogens with one attached hydrogen (secondary N) is 2. The third-order valence-corrected chi connectivity index (χ3v) is 7.71. The predicted molar refractivity (Wildman–Crippen MR) is 152 cm³/mol. The van der Waals surface area contributed by atoms with E-state index in [1.54, 1.807) is 24.3 Å². The summed E-state index contributed by atoms with van der Waals surface area (Å²) < 4.78 is 31.7. The summed E-state index contributed by atoms with van der Waals surface area (Å²) in [7, 11) is 2.11. The summed E-state index contributed by atoms with van der Waals surface area (Å²) in [4.78, 5) is 43.9. The topological polar surface area (TPSA) is 115 Å². The van der Waals surface area contributed by atoms with Crippen LogP contribution in [0, 0.1) is 0 Å². The Hall–Kier alpha value is -2.94. The highest BCUT2D eigenvalue weighted by Crippen LogP contribution is 2.31. The molecular formula is C25H23Cl3F3N5O4S. The number of piperazine rings is 1. The Morgan fingerprint density at radius 1 is 1.00 bits per heavy atom. The summed E-state index contributed by atoms with van der Waals surface area (Å²) >= 11 is 19.8. The number of halogens is 6. The summed E-state index contributed by atoms with van der Waals surface area (Å²) in [5, 5.41) is 15.8. The molecule has 0 atom stereocenters. The zero-order valence-corrected chi connectivity index (χ0v) is 24.4. The van der Waals surface area contributed by atoms with Crippen LogP contribution in [0.15, 0.2) is 41.9 Å². The van der Waals surface area contributed by atoms with Crippen molar-refractivity contribution in [2.45, 2.75) is 12.7 Å². The summed E-state index contributed by atoms with van der Waals surface area (Å²) in [6.07, 6.45) is -3.66. The fourth-order valence-corrected chi connectivity index (χ4v) is 5.04. The largest absolute Gasteiger partial charge is 0.490 e. The van der Waals surface area contributed by atoms with Gasteiger partial charge in [-0.3, -0.25) is 14.5 Å². The van der Waals surface area contributed by atoms with Gasteiger partial charge in [-0.05, 0) is 48.3 Å². The van der Waals surface area contributed by atoms with Gasteiger partial charge in [-0.25, -0.2) is 9.78 Å². The lowest BCUT2D eigenvalue weighted by molar-refractivity contribution is -0.192. The summed E-state index contributed by atoms with van der Waals surface area (Å²) in [6, 6.07) is 7.86. The number of aromatic nitrogens is 1. The van der Waals surface area contributed by atoms with E-state index in [0.29, 0.717) is 38.0 Å². The molecule has 0 bridgehead atoms. The van der Waals surface area contributed by atoms with Crippen LogP contribution in [0.1, 0.15) is 25.6 Å². The van der Waals surface area contributed by atoms with E-state index < -0.39 is 18.1 Å². The fraction of sp³-hybridized carbons (Fsp3) is 0.280. The second kappa shape index (κ2) is 14.3. The lowest BCUT2D eigenvalue weighted by Gasteiger charge is -2.32. The molecule has 3 N–H and O–H groups in total. The molecule has 1 aliphatic rings. The normalized spacial score (nSPS) is 14.1. The van der Waals surface area contributed by atoms with Crippen molar-refractivity contribution in [3.63, 3.8) is 0 Å². The number of amides is 2. The number of anilines is 2. The number of pyridine rings is 1. The molecule has 1 aromatic carbocycles. The van der Waals surface area contributed by atoms with Crippen molar-refractivity contribution in [2.75, 3.05) is 43.9 Å². The van der Waals surface area contributed by atoms with Gasteiger partial charge in [-0.2, -0.15) is 13.2 Å². The molecule has 1 fully saturated rings. The minimum atomic E-state index is -5.08. The van der Waals surface area contributed by atoms with Crippen molar-refractivity contribution in [1.29, 1.82) is 0 Å². The van der Waals surface area contributed by atoms with Crippen LogP contribution < -0.4 is 10.6 Å². The van der Waals surface area contributed by atoms with Gasteiger partial charge >= 0.3 is 12.1 Å². The van der Waals surface area contributed by atoms with Crippen molar-refractivity contribution in [3.8, 4) is 0 Å². The first-order chi connectivity index (χ1) is 19.2. The molecule has 3 heterocycles. The third kappa shape index (κ3) is 9.55. The van der Waals surface area contributed by atoms with Crippen LogP contribution in [0.5, 0.6) is 0 Å². The van der Waals surface area contributed by atoms with E-state index in [4.69, 9.17) is 44.7 Å². The van der Waals surface area contributed by atoms with E-state index in [1.807, 2.05) is 5.38 Å². The van der Waals surface area contributed by atoms with Gasteiger partial charge in [-0.1, -0.05) is 34.8 Å². The van der Waals surface area contributed by atoms with E-state index in [0.717, 1.165) is 31.7 Å². The lowest BCUT2D eigenvalue weighted by Crippen LogP contribution is -2.43. The Morgan fingerprint density at radius 2 is 1.63 bits per heavy atom. The van der Waals surface area contributed by atoms with Crippen molar-refractivity contribution in [3.05, 3.63) is 73.0 Å². The number of carboxylic acid groups (broad SMARTS) is 1. The van der Waals surface area contributed by atoms with Crippen molar-refractivity contribution in [1.82, 2.24) is 14.8 Å². The van der Waals surface area contributed by atoms with E-state index in [-0.39, 0.29) is 11.5 Å². The molecule has 0 radical (unpaired) electrons. The second-order valence-electron chi connectivity index (χ2n) is 8.75. The number of likely N-dealkylation sites (N-methyl/N-ethyl adjacent to an activating group) is 1. The maximum absolute atomic E-state index is 13.0. The first-order valence-corrected chi connectivity index (χ1v) is 13.8. The highest BCUT2D eigenvalue weighted by molar-refractivity contribution is 7.13. The highest BCUT2D eigenvalue weighted by atomic mass is 35.5. The molecule has 2 amide bonds. The second-order valence-corrected chi connectivity index (χ2v) is 10.9. The summed E-state index contributed by atoms with van der Waals surface area (Å²) in [5.41, 5.74) is 1.43. The van der Waals surface area contributed by atoms with Crippen LogP contribution in [-0.2, 0) is 11.3 Å². The molecule has 220 valence electrons. The minimum absolute atomic E-state index is 0.197. The maximum atomic E-state index is 13.0. The molecule has 2 aromatic heterocycles. The number of carboxylic acids is 1. The zero-order chi connectivity index (χ0) is 30.3.